The van der Waals surface area contributed by atoms with Crippen molar-refractivity contribution in [3.05, 3.63) is 43.7 Å². The number of hydrogen-bond acceptors (Lipinski definition) is 3. The molecule has 7 heteroatoms. The molecule has 1 rings (SSSR count). The van der Waals surface area contributed by atoms with Crippen LogP contribution in [-0.2, 0) is 0 Å². The molecule has 0 aliphatic heterocycles. The van der Waals surface area contributed by atoms with Gasteiger partial charge < -0.3 is 10.2 Å². The van der Waals surface area contributed by atoms with Gasteiger partial charge in [-0.3, -0.25) is 0 Å². The molecule has 1 aromatic rings. The van der Waals surface area contributed by atoms with Gasteiger partial charge in [-0.1, -0.05) is 38.7 Å². The number of halogens is 2. The Morgan fingerprint density at radius 1 is 1.47 bits per heavy atom. The largest absolute Gasteiger partial charge is 0.390 e. The van der Waals surface area contributed by atoms with E-state index in [1.165, 1.54) is 0 Å². The van der Waals surface area contributed by atoms with Gasteiger partial charge in [-0.2, -0.15) is 0 Å². The van der Waals surface area contributed by atoms with E-state index in [1.54, 1.807) is 18.2 Å². The van der Waals surface area contributed by atoms with Crippen LogP contribution in [0.15, 0.2) is 27.8 Å². The van der Waals surface area contributed by atoms with E-state index in [9.17, 15) is 10.2 Å². The smallest absolute Gasteiger partial charge is 0.106 e. The van der Waals surface area contributed by atoms with Gasteiger partial charge in [0.15, 0.2) is 0 Å². The molecule has 0 bridgehead atoms. The third-order valence-electron chi connectivity index (χ3n) is 2.23. The maximum atomic E-state index is 9.90. The number of hydrogen-bond donors (Lipinski definition) is 2. The van der Waals surface area contributed by atoms with Gasteiger partial charge in [0.1, 0.15) is 6.10 Å². The van der Waals surface area contributed by atoms with Gasteiger partial charge >= 0.3 is 0 Å². The van der Waals surface area contributed by atoms with Crippen molar-refractivity contribution in [3.8, 4) is 0 Å². The molecule has 92 valence electrons. The summed E-state index contributed by atoms with van der Waals surface area (Å²) in [5, 5.41) is 23.4. The average molecular weight is 321 g/mol. The summed E-state index contributed by atoms with van der Waals surface area (Å²) in [7, 11) is 0. The van der Waals surface area contributed by atoms with Crippen LogP contribution >= 0.6 is 27.5 Å². The predicted octanol–water partition coefficient (Wildman–Crippen LogP) is 3.20. The molecule has 0 fully saturated rings. The van der Waals surface area contributed by atoms with Gasteiger partial charge in [0.05, 0.1) is 6.10 Å². The van der Waals surface area contributed by atoms with Crippen molar-refractivity contribution in [3.63, 3.8) is 0 Å². The summed E-state index contributed by atoms with van der Waals surface area (Å²) in [6.45, 7) is 0.139. The molecule has 0 radical (unpaired) electrons. The Bertz CT molecular complexity index is 438. The molecule has 0 aromatic heterocycles. The third-order valence-corrected chi connectivity index (χ3v) is 3.16. The molecule has 0 aliphatic rings. The van der Waals surface area contributed by atoms with E-state index in [-0.39, 0.29) is 13.0 Å². The summed E-state index contributed by atoms with van der Waals surface area (Å²) in [6, 6.07) is 4.90. The van der Waals surface area contributed by atoms with E-state index in [0.717, 1.165) is 0 Å². The normalized spacial score (nSPS) is 13.9. The number of rotatable bonds is 5. The van der Waals surface area contributed by atoms with Crippen molar-refractivity contribution in [2.75, 3.05) is 6.54 Å². The minimum atomic E-state index is -1.05. The number of aliphatic hydroxyl groups is 2. The molecule has 0 heterocycles. The minimum Gasteiger partial charge on any atom is -0.390 e. The first-order valence-electron chi connectivity index (χ1n) is 4.88. The molecular weight excluding hydrogens is 309 g/mol. The first-order valence-corrected chi connectivity index (χ1v) is 6.05. The molecule has 17 heavy (non-hydrogen) atoms. The lowest BCUT2D eigenvalue weighted by molar-refractivity contribution is 0.0146. The topological polar surface area (TPSA) is 89.2 Å². The first kappa shape index (κ1) is 14.3. The van der Waals surface area contributed by atoms with Crippen molar-refractivity contribution in [1.82, 2.24) is 0 Å². The van der Waals surface area contributed by atoms with Crippen molar-refractivity contribution >= 4 is 27.5 Å². The second-order valence-corrected chi connectivity index (χ2v) is 4.71. The standard InChI is InChI=1S/C10H11BrClN3O2/c11-8-5-6(12)1-2-7(8)10(17)9(16)3-4-14-15-13/h1-2,5,9-10,16-17H,3-4H2. The average Bonchev–Trinajstić information content (AvgIpc) is 2.28. The number of azide groups is 1. The predicted molar refractivity (Wildman–Crippen MR) is 68.7 cm³/mol. The van der Waals surface area contributed by atoms with Crippen LogP contribution in [0.1, 0.15) is 18.1 Å². The fourth-order valence-corrected chi connectivity index (χ4v) is 2.26. The van der Waals surface area contributed by atoms with Crippen LogP contribution in [0, 0.1) is 0 Å². The number of benzene rings is 1. The monoisotopic (exact) mass is 319 g/mol. The molecule has 0 saturated carbocycles. The van der Waals surface area contributed by atoms with Crippen LogP contribution in [0.2, 0.25) is 5.02 Å². The van der Waals surface area contributed by atoms with Crippen LogP contribution < -0.4 is 0 Å². The first-order chi connectivity index (χ1) is 8.06. The summed E-state index contributed by atoms with van der Waals surface area (Å²) in [6.07, 6.45) is -1.84. The lowest BCUT2D eigenvalue weighted by atomic mass is 10.0. The minimum absolute atomic E-state index is 0.139. The highest BCUT2D eigenvalue weighted by molar-refractivity contribution is 9.10. The van der Waals surface area contributed by atoms with Crippen LogP contribution in [0.25, 0.3) is 10.4 Å². The Morgan fingerprint density at radius 3 is 2.76 bits per heavy atom. The SMILES string of the molecule is [N-]=[N+]=NCCC(O)C(O)c1ccc(Cl)cc1Br. The van der Waals surface area contributed by atoms with Gasteiger partial charge in [-0.15, -0.1) is 0 Å². The highest BCUT2D eigenvalue weighted by Gasteiger charge is 2.20. The van der Waals surface area contributed by atoms with Gasteiger partial charge in [-0.25, -0.2) is 0 Å². The molecule has 0 aliphatic carbocycles. The summed E-state index contributed by atoms with van der Waals surface area (Å²) in [4.78, 5) is 2.57. The Kier molecular flexibility index (Phi) is 5.74. The summed E-state index contributed by atoms with van der Waals surface area (Å²) in [5.74, 6) is 0. The van der Waals surface area contributed by atoms with Crippen molar-refractivity contribution in [2.24, 2.45) is 5.11 Å². The lowest BCUT2D eigenvalue weighted by Gasteiger charge is -2.18. The van der Waals surface area contributed by atoms with Gasteiger partial charge in [0, 0.05) is 21.0 Å². The number of nitrogens with zero attached hydrogens (tertiary/aromatic N) is 3. The maximum Gasteiger partial charge on any atom is 0.106 e. The molecule has 2 atom stereocenters. The van der Waals surface area contributed by atoms with Crippen molar-refractivity contribution in [1.29, 1.82) is 0 Å². The van der Waals surface area contributed by atoms with E-state index in [4.69, 9.17) is 17.1 Å². The highest BCUT2D eigenvalue weighted by Crippen LogP contribution is 2.29. The zero-order valence-electron chi connectivity index (χ0n) is 8.79. The summed E-state index contributed by atoms with van der Waals surface area (Å²) < 4.78 is 0.625. The van der Waals surface area contributed by atoms with E-state index >= 15 is 0 Å². The van der Waals surface area contributed by atoms with Gasteiger partial charge in [-0.05, 0) is 29.6 Å². The van der Waals surface area contributed by atoms with Gasteiger partial charge in [0.2, 0.25) is 0 Å². The Balaban J connectivity index is 2.73. The van der Waals surface area contributed by atoms with Crippen LogP contribution in [-0.4, -0.2) is 22.9 Å². The van der Waals surface area contributed by atoms with Crippen LogP contribution in [0.5, 0.6) is 0 Å². The summed E-state index contributed by atoms with van der Waals surface area (Å²) >= 11 is 9.03. The molecular formula is C10H11BrClN3O2. The molecule has 0 amide bonds. The lowest BCUT2D eigenvalue weighted by Crippen LogP contribution is -2.19. The second kappa shape index (κ2) is 6.83. The van der Waals surface area contributed by atoms with Gasteiger partial charge in [0.25, 0.3) is 0 Å². The Morgan fingerprint density at radius 2 is 2.18 bits per heavy atom. The molecule has 5 nitrogen and oxygen atoms in total. The zero-order valence-corrected chi connectivity index (χ0v) is 11.1. The molecule has 0 spiro atoms. The van der Waals surface area contributed by atoms with E-state index in [0.29, 0.717) is 15.1 Å². The Hall–Kier alpha value is -0.780. The van der Waals surface area contributed by atoms with Crippen molar-refractivity contribution in [2.45, 2.75) is 18.6 Å². The zero-order chi connectivity index (χ0) is 12.8. The van der Waals surface area contributed by atoms with E-state index in [1.807, 2.05) is 0 Å². The quantitative estimate of drug-likeness (QED) is 0.495. The fraction of sp³-hybridized carbons (Fsp3) is 0.400. The van der Waals surface area contributed by atoms with E-state index < -0.39 is 12.2 Å². The molecule has 2 N–H and O–H groups in total. The fourth-order valence-electron chi connectivity index (χ4n) is 1.34. The second-order valence-electron chi connectivity index (χ2n) is 3.42. The summed E-state index contributed by atoms with van der Waals surface area (Å²) in [5.41, 5.74) is 8.65. The molecule has 1 aromatic carbocycles. The Labute approximate surface area is 112 Å². The van der Waals surface area contributed by atoms with E-state index in [2.05, 4.69) is 26.0 Å². The van der Waals surface area contributed by atoms with Crippen molar-refractivity contribution < 1.29 is 10.2 Å². The highest BCUT2D eigenvalue weighted by atomic mass is 79.9. The van der Waals surface area contributed by atoms with Crippen LogP contribution in [0.4, 0.5) is 0 Å². The molecule has 0 saturated heterocycles. The van der Waals surface area contributed by atoms with Crippen LogP contribution in [0.3, 0.4) is 0 Å². The third kappa shape index (κ3) is 4.18. The maximum absolute atomic E-state index is 9.90. The number of aliphatic hydroxyl groups excluding tert-OH is 2. The molecule has 2 unspecified atom stereocenters.